The van der Waals surface area contributed by atoms with Crippen LogP contribution in [0.2, 0.25) is 0 Å². The third-order valence-electron chi connectivity index (χ3n) is 1.49. The van der Waals surface area contributed by atoms with Gasteiger partial charge in [0, 0.05) is 13.5 Å². The number of hydrogen-bond acceptors (Lipinski definition) is 6. The second kappa shape index (κ2) is 6.41. The fourth-order valence-electron chi connectivity index (χ4n) is 0.869. The zero-order valence-corrected chi connectivity index (χ0v) is 9.12. The lowest BCUT2D eigenvalue weighted by molar-refractivity contribution is -0.133. The second-order valence-electron chi connectivity index (χ2n) is 2.73. The molecule has 7 heteroatoms. The Morgan fingerprint density at radius 3 is 3.13 bits per heavy atom. The highest BCUT2D eigenvalue weighted by Gasteiger charge is 2.06. The third-order valence-corrected chi connectivity index (χ3v) is 2.39. The number of methoxy groups -OCH3 is 1. The number of aliphatic carboxylic acids is 1. The average Bonchev–Trinajstić information content (AvgIpc) is 2.62. The van der Waals surface area contributed by atoms with E-state index in [1.807, 2.05) is 0 Å². The molecule has 84 valence electrons. The number of carboxylic acid groups (broad SMARTS) is 1. The van der Waals surface area contributed by atoms with Crippen LogP contribution >= 0.6 is 11.8 Å². The molecule has 1 aromatic rings. The molecule has 0 aromatic carbocycles. The summed E-state index contributed by atoms with van der Waals surface area (Å²) < 4.78 is 9.78. The molecular weight excluding hydrogens is 220 g/mol. The minimum absolute atomic E-state index is 0.0375. The highest BCUT2D eigenvalue weighted by molar-refractivity contribution is 7.99. The van der Waals surface area contributed by atoms with E-state index in [1.165, 1.54) is 11.8 Å². The van der Waals surface area contributed by atoms with Gasteiger partial charge in [0.25, 0.3) is 0 Å². The summed E-state index contributed by atoms with van der Waals surface area (Å²) in [4.78, 5) is 14.3. The number of carbonyl (C=O) groups is 1. The van der Waals surface area contributed by atoms with Gasteiger partial charge in [0.2, 0.25) is 5.89 Å². The van der Waals surface area contributed by atoms with Crippen molar-refractivity contribution >= 4 is 17.7 Å². The average molecular weight is 232 g/mol. The predicted octanol–water partition coefficient (Wildman–Crippen LogP) is 0.576. The lowest BCUT2D eigenvalue weighted by Gasteiger charge is -1.91. The first-order chi connectivity index (χ1) is 7.22. The van der Waals surface area contributed by atoms with Crippen molar-refractivity contribution in [3.63, 3.8) is 0 Å². The molecule has 0 bridgehead atoms. The largest absolute Gasteiger partial charge is 0.481 e. The van der Waals surface area contributed by atoms with E-state index in [0.29, 0.717) is 30.5 Å². The Labute approximate surface area is 91.0 Å². The molecule has 1 rings (SSSR count). The van der Waals surface area contributed by atoms with E-state index < -0.39 is 5.97 Å². The fourth-order valence-corrected chi connectivity index (χ4v) is 1.44. The third kappa shape index (κ3) is 4.80. The van der Waals surface area contributed by atoms with Crippen molar-refractivity contribution in [3.05, 3.63) is 11.7 Å². The van der Waals surface area contributed by atoms with E-state index in [1.54, 1.807) is 7.11 Å². The first-order valence-electron chi connectivity index (χ1n) is 4.32. The van der Waals surface area contributed by atoms with E-state index >= 15 is 0 Å². The topological polar surface area (TPSA) is 85.5 Å². The minimum Gasteiger partial charge on any atom is -0.481 e. The van der Waals surface area contributed by atoms with Gasteiger partial charge in [0.15, 0.2) is 5.82 Å². The predicted molar refractivity (Wildman–Crippen MR) is 53.7 cm³/mol. The molecule has 0 spiro atoms. The van der Waals surface area contributed by atoms with Gasteiger partial charge in [-0.1, -0.05) is 5.16 Å². The molecule has 0 fully saturated rings. The maximum atomic E-state index is 10.2. The number of thioether (sulfide) groups is 1. The van der Waals surface area contributed by atoms with Gasteiger partial charge in [-0.3, -0.25) is 4.79 Å². The quantitative estimate of drug-likeness (QED) is 0.735. The highest BCUT2D eigenvalue weighted by atomic mass is 32.2. The van der Waals surface area contributed by atoms with Crippen molar-refractivity contribution in [2.75, 3.05) is 19.5 Å². The lowest BCUT2D eigenvalue weighted by atomic mass is 10.4. The monoisotopic (exact) mass is 232 g/mol. The van der Waals surface area contributed by atoms with Crippen LogP contribution < -0.4 is 0 Å². The Morgan fingerprint density at radius 2 is 2.47 bits per heavy atom. The summed E-state index contributed by atoms with van der Waals surface area (Å²) in [5.41, 5.74) is 0. The maximum Gasteiger partial charge on any atom is 0.313 e. The molecule has 0 saturated heterocycles. The normalized spacial score (nSPS) is 10.5. The van der Waals surface area contributed by atoms with Crippen molar-refractivity contribution in [1.29, 1.82) is 0 Å². The molecule has 0 aliphatic rings. The van der Waals surface area contributed by atoms with Crippen molar-refractivity contribution in [2.24, 2.45) is 0 Å². The van der Waals surface area contributed by atoms with Gasteiger partial charge in [-0.2, -0.15) is 4.98 Å². The van der Waals surface area contributed by atoms with E-state index in [9.17, 15) is 4.79 Å². The van der Waals surface area contributed by atoms with Crippen LogP contribution in [0.5, 0.6) is 0 Å². The molecule has 0 aliphatic heterocycles. The number of aromatic nitrogens is 2. The Balaban J connectivity index is 2.29. The van der Waals surface area contributed by atoms with Crippen LogP contribution in [0.25, 0.3) is 0 Å². The van der Waals surface area contributed by atoms with Crippen LogP contribution in [-0.2, 0) is 21.7 Å². The fraction of sp³-hybridized carbons (Fsp3) is 0.625. The molecule has 15 heavy (non-hydrogen) atoms. The van der Waals surface area contributed by atoms with Gasteiger partial charge in [0.05, 0.1) is 18.1 Å². The molecule has 0 atom stereocenters. The summed E-state index contributed by atoms with van der Waals surface area (Å²) in [5, 5.41) is 12.1. The van der Waals surface area contributed by atoms with Crippen LogP contribution in [0, 0.1) is 0 Å². The molecule has 0 radical (unpaired) electrons. The smallest absolute Gasteiger partial charge is 0.313 e. The van der Waals surface area contributed by atoms with Gasteiger partial charge in [-0.25, -0.2) is 0 Å². The van der Waals surface area contributed by atoms with Gasteiger partial charge in [-0.15, -0.1) is 11.8 Å². The Kier molecular flexibility index (Phi) is 5.13. The van der Waals surface area contributed by atoms with Crippen molar-refractivity contribution in [1.82, 2.24) is 10.1 Å². The van der Waals surface area contributed by atoms with Crippen molar-refractivity contribution < 1.29 is 19.2 Å². The highest BCUT2D eigenvalue weighted by Crippen LogP contribution is 2.09. The molecule has 1 heterocycles. The molecule has 1 N–H and O–H groups in total. The summed E-state index contributed by atoms with van der Waals surface area (Å²) in [7, 11) is 1.60. The zero-order chi connectivity index (χ0) is 11.1. The summed E-state index contributed by atoms with van der Waals surface area (Å²) in [6.07, 6.45) is 0.601. The van der Waals surface area contributed by atoms with Gasteiger partial charge in [-0.05, 0) is 0 Å². The van der Waals surface area contributed by atoms with Crippen molar-refractivity contribution in [2.45, 2.75) is 12.2 Å². The van der Waals surface area contributed by atoms with Gasteiger partial charge >= 0.3 is 5.97 Å². The summed E-state index contributed by atoms with van der Waals surface area (Å²) in [6, 6.07) is 0. The summed E-state index contributed by atoms with van der Waals surface area (Å²) in [6.45, 7) is 0.543. The van der Waals surface area contributed by atoms with Gasteiger partial charge in [0.1, 0.15) is 0 Å². The Bertz CT molecular complexity index is 315. The molecule has 0 amide bonds. The number of hydrogen-bond donors (Lipinski definition) is 1. The lowest BCUT2D eigenvalue weighted by Crippen LogP contribution is -1.98. The van der Waals surface area contributed by atoms with Crippen LogP contribution in [0.1, 0.15) is 11.7 Å². The van der Waals surface area contributed by atoms with Gasteiger partial charge < -0.3 is 14.4 Å². The van der Waals surface area contributed by atoms with E-state index in [4.69, 9.17) is 14.4 Å². The molecule has 6 nitrogen and oxygen atoms in total. The van der Waals surface area contributed by atoms with Crippen molar-refractivity contribution in [3.8, 4) is 0 Å². The first kappa shape index (κ1) is 12.0. The number of rotatable bonds is 7. The Hall–Kier alpha value is -1.08. The van der Waals surface area contributed by atoms with Crippen LogP contribution in [0.15, 0.2) is 4.52 Å². The van der Waals surface area contributed by atoms with Crippen LogP contribution in [-0.4, -0.2) is 40.7 Å². The Morgan fingerprint density at radius 1 is 1.67 bits per heavy atom. The molecule has 0 unspecified atom stereocenters. The number of ether oxygens (including phenoxy) is 1. The number of carboxylic acids is 1. The standard InChI is InChI=1S/C8H12N2O4S/c1-13-3-2-6-9-7(14-10-6)4-15-5-8(11)12/h2-5H2,1H3,(H,11,12). The summed E-state index contributed by atoms with van der Waals surface area (Å²) in [5.74, 6) is 0.650. The summed E-state index contributed by atoms with van der Waals surface area (Å²) >= 11 is 1.22. The SMILES string of the molecule is COCCc1noc(CSCC(=O)O)n1. The minimum atomic E-state index is -0.848. The zero-order valence-electron chi connectivity index (χ0n) is 8.30. The molecule has 1 aromatic heterocycles. The molecule has 0 aliphatic carbocycles. The maximum absolute atomic E-state index is 10.2. The second-order valence-corrected chi connectivity index (χ2v) is 3.72. The number of nitrogens with zero attached hydrogens (tertiary/aromatic N) is 2. The molecular formula is C8H12N2O4S. The van der Waals surface area contributed by atoms with E-state index in [-0.39, 0.29) is 5.75 Å². The first-order valence-corrected chi connectivity index (χ1v) is 5.47. The van der Waals surface area contributed by atoms with Crippen LogP contribution in [0.4, 0.5) is 0 Å². The van der Waals surface area contributed by atoms with E-state index in [0.717, 1.165) is 0 Å². The van der Waals surface area contributed by atoms with Crippen LogP contribution in [0.3, 0.4) is 0 Å². The van der Waals surface area contributed by atoms with E-state index in [2.05, 4.69) is 10.1 Å². The molecule has 0 saturated carbocycles.